The first-order valence-electron chi connectivity index (χ1n) is 5.72. The van der Waals surface area contributed by atoms with E-state index in [1.165, 1.54) is 4.90 Å². The highest BCUT2D eigenvalue weighted by molar-refractivity contribution is 14.1. The average molecular weight is 371 g/mol. The van der Waals surface area contributed by atoms with E-state index < -0.39 is 0 Å². The summed E-state index contributed by atoms with van der Waals surface area (Å²) in [5, 5.41) is 3.25. The van der Waals surface area contributed by atoms with Gasteiger partial charge in [-0.15, -0.1) is 11.8 Å². The SMILES string of the molecule is CCNc1nc(CSc2ccccc2)ncc1I. The van der Waals surface area contributed by atoms with Gasteiger partial charge in [-0.1, -0.05) is 18.2 Å². The summed E-state index contributed by atoms with van der Waals surface area (Å²) in [5.41, 5.74) is 0. The molecule has 18 heavy (non-hydrogen) atoms. The first kappa shape index (κ1) is 13.6. The number of rotatable bonds is 5. The Morgan fingerprint density at radius 2 is 2.06 bits per heavy atom. The van der Waals surface area contributed by atoms with Crippen LogP contribution < -0.4 is 5.32 Å². The molecule has 0 unspecified atom stereocenters. The second-order valence-corrected chi connectivity index (χ2v) is 5.83. The van der Waals surface area contributed by atoms with Crippen molar-refractivity contribution in [2.24, 2.45) is 0 Å². The van der Waals surface area contributed by atoms with Crippen LogP contribution in [0.2, 0.25) is 0 Å². The summed E-state index contributed by atoms with van der Waals surface area (Å²) >= 11 is 4.00. The summed E-state index contributed by atoms with van der Waals surface area (Å²) < 4.78 is 1.06. The van der Waals surface area contributed by atoms with Crippen molar-refractivity contribution in [3.8, 4) is 0 Å². The van der Waals surface area contributed by atoms with Crippen LogP contribution in [0.15, 0.2) is 41.4 Å². The Morgan fingerprint density at radius 3 is 2.78 bits per heavy atom. The van der Waals surface area contributed by atoms with Crippen LogP contribution in [0.1, 0.15) is 12.7 Å². The number of hydrogen-bond donors (Lipinski definition) is 1. The summed E-state index contributed by atoms with van der Waals surface area (Å²) in [7, 11) is 0. The van der Waals surface area contributed by atoms with Crippen LogP contribution in [0.5, 0.6) is 0 Å². The number of anilines is 1. The van der Waals surface area contributed by atoms with E-state index >= 15 is 0 Å². The molecule has 1 aromatic heterocycles. The maximum Gasteiger partial charge on any atom is 0.143 e. The highest BCUT2D eigenvalue weighted by Crippen LogP contribution is 2.22. The van der Waals surface area contributed by atoms with Crippen LogP contribution in [-0.2, 0) is 5.75 Å². The van der Waals surface area contributed by atoms with Crippen LogP contribution in [-0.4, -0.2) is 16.5 Å². The number of benzene rings is 1. The van der Waals surface area contributed by atoms with Gasteiger partial charge < -0.3 is 5.32 Å². The molecule has 3 nitrogen and oxygen atoms in total. The predicted octanol–water partition coefficient (Wildman–Crippen LogP) is 3.81. The average Bonchev–Trinajstić information content (AvgIpc) is 2.41. The lowest BCUT2D eigenvalue weighted by Gasteiger charge is -2.07. The topological polar surface area (TPSA) is 37.8 Å². The van der Waals surface area contributed by atoms with Crippen molar-refractivity contribution in [3.05, 3.63) is 45.9 Å². The summed E-state index contributed by atoms with van der Waals surface area (Å²) in [6, 6.07) is 10.3. The van der Waals surface area contributed by atoms with Crippen molar-refractivity contribution in [3.63, 3.8) is 0 Å². The number of nitrogens with zero attached hydrogens (tertiary/aromatic N) is 2. The van der Waals surface area contributed by atoms with Crippen LogP contribution in [0.4, 0.5) is 5.82 Å². The van der Waals surface area contributed by atoms with Crippen molar-refractivity contribution in [1.29, 1.82) is 0 Å². The van der Waals surface area contributed by atoms with E-state index in [0.29, 0.717) is 0 Å². The molecule has 2 rings (SSSR count). The normalized spacial score (nSPS) is 10.3. The first-order valence-corrected chi connectivity index (χ1v) is 7.79. The van der Waals surface area contributed by atoms with Gasteiger partial charge in [-0.2, -0.15) is 0 Å². The van der Waals surface area contributed by atoms with Gasteiger partial charge in [0.25, 0.3) is 0 Å². The summed E-state index contributed by atoms with van der Waals surface area (Å²) in [4.78, 5) is 10.1. The monoisotopic (exact) mass is 371 g/mol. The van der Waals surface area contributed by atoms with E-state index in [4.69, 9.17) is 0 Å². The molecule has 0 atom stereocenters. The number of hydrogen-bond acceptors (Lipinski definition) is 4. The molecular formula is C13H14IN3S. The minimum Gasteiger partial charge on any atom is -0.369 e. The number of nitrogens with one attached hydrogen (secondary N) is 1. The molecule has 1 heterocycles. The van der Waals surface area contributed by atoms with Crippen LogP contribution in [0.3, 0.4) is 0 Å². The van der Waals surface area contributed by atoms with Gasteiger partial charge in [-0.05, 0) is 41.6 Å². The van der Waals surface area contributed by atoms with E-state index in [-0.39, 0.29) is 0 Å². The molecule has 94 valence electrons. The highest BCUT2D eigenvalue weighted by atomic mass is 127. The lowest BCUT2D eigenvalue weighted by Crippen LogP contribution is -2.04. The zero-order valence-corrected chi connectivity index (χ0v) is 13.0. The Morgan fingerprint density at radius 1 is 1.28 bits per heavy atom. The van der Waals surface area contributed by atoms with E-state index in [9.17, 15) is 0 Å². The van der Waals surface area contributed by atoms with Crippen LogP contribution in [0, 0.1) is 3.57 Å². The van der Waals surface area contributed by atoms with E-state index in [1.54, 1.807) is 11.8 Å². The van der Waals surface area contributed by atoms with Crippen molar-refractivity contribution in [2.75, 3.05) is 11.9 Å². The minimum atomic E-state index is 0.791. The molecule has 1 N–H and O–H groups in total. The third kappa shape index (κ3) is 3.84. The Labute approximate surface area is 125 Å². The molecule has 0 radical (unpaired) electrons. The Kier molecular flexibility index (Phi) is 5.25. The van der Waals surface area contributed by atoms with E-state index in [0.717, 1.165) is 27.5 Å². The highest BCUT2D eigenvalue weighted by Gasteiger charge is 2.04. The largest absolute Gasteiger partial charge is 0.369 e. The molecule has 5 heteroatoms. The maximum atomic E-state index is 4.53. The van der Waals surface area contributed by atoms with Gasteiger partial charge in [-0.3, -0.25) is 0 Å². The van der Waals surface area contributed by atoms with Crippen LogP contribution in [0.25, 0.3) is 0 Å². The van der Waals surface area contributed by atoms with E-state index in [1.807, 2.05) is 24.4 Å². The van der Waals surface area contributed by atoms with Crippen molar-refractivity contribution in [1.82, 2.24) is 9.97 Å². The molecule has 0 saturated heterocycles. The lowest BCUT2D eigenvalue weighted by molar-refractivity contribution is 1.01. The zero-order valence-electron chi connectivity index (χ0n) is 10.1. The molecule has 2 aromatic rings. The molecule has 0 bridgehead atoms. The molecule has 0 aliphatic heterocycles. The maximum absolute atomic E-state index is 4.53. The standard InChI is InChI=1S/C13H14IN3S/c1-2-15-13-11(14)8-16-12(17-13)9-18-10-6-4-3-5-7-10/h3-8H,2,9H2,1H3,(H,15,16,17). The molecule has 0 saturated carbocycles. The van der Waals surface area contributed by atoms with E-state index in [2.05, 4.69) is 56.9 Å². The molecule has 0 spiro atoms. The quantitative estimate of drug-likeness (QED) is 0.641. The fourth-order valence-corrected chi connectivity index (χ4v) is 2.66. The third-order valence-electron chi connectivity index (χ3n) is 2.25. The van der Waals surface area contributed by atoms with Gasteiger partial charge in [0.05, 0.1) is 9.32 Å². The first-order chi connectivity index (χ1) is 8.79. The van der Waals surface area contributed by atoms with Gasteiger partial charge in [0.1, 0.15) is 11.6 Å². The van der Waals surface area contributed by atoms with Gasteiger partial charge in [0.15, 0.2) is 0 Å². The second-order valence-electron chi connectivity index (χ2n) is 3.61. The number of halogens is 1. The second kappa shape index (κ2) is 6.94. The van der Waals surface area contributed by atoms with Gasteiger partial charge in [0, 0.05) is 17.6 Å². The molecule has 0 fully saturated rings. The molecule has 0 amide bonds. The molecule has 0 aliphatic rings. The van der Waals surface area contributed by atoms with Gasteiger partial charge in [0.2, 0.25) is 0 Å². The fourth-order valence-electron chi connectivity index (χ4n) is 1.43. The lowest BCUT2D eigenvalue weighted by atomic mass is 10.4. The fraction of sp³-hybridized carbons (Fsp3) is 0.231. The van der Waals surface area contributed by atoms with Crippen molar-refractivity contribution < 1.29 is 0 Å². The smallest absolute Gasteiger partial charge is 0.143 e. The summed E-state index contributed by atoms with van der Waals surface area (Å²) in [5.74, 6) is 2.58. The molecular weight excluding hydrogens is 357 g/mol. The summed E-state index contributed by atoms with van der Waals surface area (Å²) in [6.07, 6.45) is 1.87. The van der Waals surface area contributed by atoms with Crippen LogP contribution >= 0.6 is 34.4 Å². The van der Waals surface area contributed by atoms with Gasteiger partial charge in [-0.25, -0.2) is 9.97 Å². The zero-order chi connectivity index (χ0) is 12.8. The Balaban J connectivity index is 2.03. The number of thioether (sulfide) groups is 1. The van der Waals surface area contributed by atoms with Gasteiger partial charge >= 0.3 is 0 Å². The predicted molar refractivity (Wildman–Crippen MR) is 84.9 cm³/mol. The number of aromatic nitrogens is 2. The summed E-state index contributed by atoms with van der Waals surface area (Å²) in [6.45, 7) is 2.94. The van der Waals surface area contributed by atoms with Crippen molar-refractivity contribution in [2.45, 2.75) is 17.6 Å². The molecule has 0 aliphatic carbocycles. The Bertz CT molecular complexity index is 505. The minimum absolute atomic E-state index is 0.791. The Hall–Kier alpha value is -0.820. The molecule has 1 aromatic carbocycles. The van der Waals surface area contributed by atoms with Crippen molar-refractivity contribution >= 4 is 40.2 Å². The third-order valence-corrected chi connectivity index (χ3v) is 4.05.